The monoisotopic (exact) mass is 452 g/mol. The predicted molar refractivity (Wildman–Crippen MR) is 104 cm³/mol. The quantitative estimate of drug-likeness (QED) is 0.410. The van der Waals surface area contributed by atoms with Crippen LogP contribution >= 0.6 is 46.9 Å². The average Bonchev–Trinajstić information content (AvgIpc) is 2.93. The molecule has 0 spiro atoms. The first-order chi connectivity index (χ1) is 10.1. The van der Waals surface area contributed by atoms with Crippen LogP contribution in [-0.4, -0.2) is 18.1 Å². The standard InChI is InChI=1S/C14H17ClN4OS.HI/c1-3-10-7-17-13(21-10)8-18-14(16)19-9-4-5-12(20-2)11(15)6-9;/h4-7H,3,8H2,1-2H3,(H3,16,18,19);1H. The van der Waals surface area contributed by atoms with Gasteiger partial charge in [0.1, 0.15) is 10.8 Å². The van der Waals surface area contributed by atoms with E-state index in [4.69, 9.17) is 22.1 Å². The van der Waals surface area contributed by atoms with E-state index in [0.717, 1.165) is 17.1 Å². The fraction of sp³-hybridized carbons (Fsp3) is 0.286. The van der Waals surface area contributed by atoms with Crippen LogP contribution in [0.5, 0.6) is 5.75 Å². The zero-order valence-corrected chi connectivity index (χ0v) is 16.2. The Bertz CT molecular complexity index is 648. The van der Waals surface area contributed by atoms with Crippen molar-refractivity contribution in [1.29, 1.82) is 0 Å². The molecule has 120 valence electrons. The van der Waals surface area contributed by atoms with Crippen molar-refractivity contribution in [3.05, 3.63) is 39.3 Å². The summed E-state index contributed by atoms with van der Waals surface area (Å²) in [5.74, 6) is 0.942. The summed E-state index contributed by atoms with van der Waals surface area (Å²) in [6.07, 6.45) is 2.86. The number of aryl methyl sites for hydroxylation is 1. The van der Waals surface area contributed by atoms with E-state index in [2.05, 4.69) is 22.2 Å². The van der Waals surface area contributed by atoms with Gasteiger partial charge in [-0.25, -0.2) is 9.98 Å². The number of ether oxygens (including phenoxy) is 1. The van der Waals surface area contributed by atoms with Gasteiger partial charge in [0.05, 0.1) is 18.7 Å². The molecule has 8 heteroatoms. The second-order valence-corrected chi connectivity index (χ2v) is 5.86. The van der Waals surface area contributed by atoms with E-state index in [0.29, 0.717) is 23.3 Å². The Labute approximate surface area is 156 Å². The van der Waals surface area contributed by atoms with Crippen molar-refractivity contribution in [2.75, 3.05) is 12.4 Å². The maximum absolute atomic E-state index is 6.05. The van der Waals surface area contributed by atoms with Crippen molar-refractivity contribution in [2.24, 2.45) is 10.7 Å². The van der Waals surface area contributed by atoms with E-state index in [1.54, 1.807) is 30.6 Å². The first-order valence-corrected chi connectivity index (χ1v) is 7.66. The van der Waals surface area contributed by atoms with Crippen LogP contribution in [0, 0.1) is 0 Å². The highest BCUT2D eigenvalue weighted by Crippen LogP contribution is 2.27. The number of anilines is 1. The SMILES string of the molecule is CCc1cnc(CN=C(N)Nc2ccc(OC)c(Cl)c2)s1.I. The Balaban J connectivity index is 0.00000242. The lowest BCUT2D eigenvalue weighted by molar-refractivity contribution is 0.415. The molecule has 0 unspecified atom stereocenters. The Morgan fingerprint density at radius 2 is 2.27 bits per heavy atom. The highest BCUT2D eigenvalue weighted by molar-refractivity contribution is 14.0. The van der Waals surface area contributed by atoms with E-state index < -0.39 is 0 Å². The van der Waals surface area contributed by atoms with E-state index >= 15 is 0 Å². The fourth-order valence-electron chi connectivity index (χ4n) is 1.67. The number of methoxy groups -OCH3 is 1. The first kappa shape index (κ1) is 19.0. The molecular formula is C14H18ClIN4OS. The van der Waals surface area contributed by atoms with Crippen LogP contribution in [0.15, 0.2) is 29.4 Å². The number of nitrogens with two attached hydrogens (primary N) is 1. The molecule has 0 fully saturated rings. The van der Waals surface area contributed by atoms with Crippen LogP contribution in [0.4, 0.5) is 5.69 Å². The molecule has 2 rings (SSSR count). The first-order valence-electron chi connectivity index (χ1n) is 6.46. The molecule has 5 nitrogen and oxygen atoms in total. The minimum Gasteiger partial charge on any atom is -0.495 e. The maximum Gasteiger partial charge on any atom is 0.193 e. The molecule has 0 atom stereocenters. The number of guanidine groups is 1. The van der Waals surface area contributed by atoms with Crippen LogP contribution in [-0.2, 0) is 13.0 Å². The summed E-state index contributed by atoms with van der Waals surface area (Å²) >= 11 is 7.70. The third kappa shape index (κ3) is 5.29. The average molecular weight is 453 g/mol. The Hall–Kier alpha value is -1.06. The van der Waals surface area contributed by atoms with Gasteiger partial charge in [0.15, 0.2) is 5.96 Å². The van der Waals surface area contributed by atoms with Crippen LogP contribution in [0.1, 0.15) is 16.8 Å². The zero-order valence-electron chi connectivity index (χ0n) is 12.3. The van der Waals surface area contributed by atoms with Gasteiger partial charge < -0.3 is 15.8 Å². The molecule has 0 aliphatic heterocycles. The number of benzene rings is 1. The molecule has 0 bridgehead atoms. The van der Waals surface area contributed by atoms with Crippen LogP contribution in [0.3, 0.4) is 0 Å². The Morgan fingerprint density at radius 3 is 2.86 bits per heavy atom. The van der Waals surface area contributed by atoms with Crippen LogP contribution < -0.4 is 15.8 Å². The summed E-state index contributed by atoms with van der Waals surface area (Å²) in [6, 6.07) is 5.33. The number of hydrogen-bond acceptors (Lipinski definition) is 4. The molecule has 0 aliphatic rings. The smallest absolute Gasteiger partial charge is 0.193 e. The Kier molecular flexibility index (Phi) is 7.91. The summed E-state index contributed by atoms with van der Waals surface area (Å²) in [4.78, 5) is 9.80. The normalized spacial score (nSPS) is 11.0. The summed E-state index contributed by atoms with van der Waals surface area (Å²) in [5.41, 5.74) is 6.61. The second kappa shape index (κ2) is 9.16. The van der Waals surface area contributed by atoms with Gasteiger partial charge in [-0.15, -0.1) is 35.3 Å². The zero-order chi connectivity index (χ0) is 15.2. The number of aromatic nitrogens is 1. The molecule has 0 radical (unpaired) electrons. The molecule has 0 saturated heterocycles. The molecule has 0 aliphatic carbocycles. The third-order valence-corrected chi connectivity index (χ3v) is 4.18. The minimum atomic E-state index is 0. The molecule has 0 saturated carbocycles. The van der Waals surface area contributed by atoms with Crippen molar-refractivity contribution in [3.63, 3.8) is 0 Å². The number of hydrogen-bond donors (Lipinski definition) is 2. The van der Waals surface area contributed by atoms with Crippen molar-refractivity contribution in [3.8, 4) is 5.75 Å². The van der Waals surface area contributed by atoms with Crippen molar-refractivity contribution >= 4 is 58.6 Å². The summed E-state index contributed by atoms with van der Waals surface area (Å²) in [5, 5.41) is 4.45. The summed E-state index contributed by atoms with van der Waals surface area (Å²) < 4.78 is 5.10. The minimum absolute atomic E-state index is 0. The van der Waals surface area contributed by atoms with Crippen molar-refractivity contribution < 1.29 is 4.74 Å². The maximum atomic E-state index is 6.05. The molecule has 1 aromatic heterocycles. The van der Waals surface area contributed by atoms with E-state index in [9.17, 15) is 0 Å². The second-order valence-electron chi connectivity index (χ2n) is 4.25. The molecule has 3 N–H and O–H groups in total. The lowest BCUT2D eigenvalue weighted by Gasteiger charge is -2.08. The predicted octanol–water partition coefficient (Wildman–Crippen LogP) is 3.91. The molecular weight excluding hydrogens is 435 g/mol. The molecule has 0 amide bonds. The lowest BCUT2D eigenvalue weighted by atomic mass is 10.3. The van der Waals surface area contributed by atoms with Crippen molar-refractivity contribution in [1.82, 2.24) is 4.98 Å². The molecule has 1 heterocycles. The highest BCUT2D eigenvalue weighted by atomic mass is 127. The number of nitrogens with zero attached hydrogens (tertiary/aromatic N) is 2. The fourth-order valence-corrected chi connectivity index (χ4v) is 2.71. The van der Waals surface area contributed by atoms with Gasteiger partial charge in [-0.2, -0.15) is 0 Å². The Morgan fingerprint density at radius 1 is 1.50 bits per heavy atom. The van der Waals surface area contributed by atoms with Crippen molar-refractivity contribution in [2.45, 2.75) is 19.9 Å². The number of rotatable bonds is 5. The van der Waals surface area contributed by atoms with E-state index in [1.165, 1.54) is 4.88 Å². The van der Waals surface area contributed by atoms with Gasteiger partial charge in [-0.05, 0) is 24.6 Å². The van der Waals surface area contributed by atoms with Crippen LogP contribution in [0.25, 0.3) is 0 Å². The largest absolute Gasteiger partial charge is 0.495 e. The molecule has 1 aromatic carbocycles. The number of nitrogens with one attached hydrogen (secondary N) is 1. The molecule has 2 aromatic rings. The van der Waals surface area contributed by atoms with Gasteiger partial charge in [0.25, 0.3) is 0 Å². The van der Waals surface area contributed by atoms with Gasteiger partial charge in [0.2, 0.25) is 0 Å². The number of halogens is 2. The van der Waals surface area contributed by atoms with Crippen LogP contribution in [0.2, 0.25) is 5.02 Å². The summed E-state index contributed by atoms with van der Waals surface area (Å²) in [6.45, 7) is 2.57. The highest BCUT2D eigenvalue weighted by Gasteiger charge is 2.03. The van der Waals surface area contributed by atoms with Gasteiger partial charge >= 0.3 is 0 Å². The molecule has 22 heavy (non-hydrogen) atoms. The lowest BCUT2D eigenvalue weighted by Crippen LogP contribution is -2.22. The van der Waals surface area contributed by atoms with E-state index in [1.807, 2.05) is 12.3 Å². The third-order valence-electron chi connectivity index (χ3n) is 2.76. The number of aliphatic imine (C=N–C) groups is 1. The topological polar surface area (TPSA) is 72.5 Å². The summed E-state index contributed by atoms with van der Waals surface area (Å²) in [7, 11) is 1.57. The van der Waals surface area contributed by atoms with E-state index in [-0.39, 0.29) is 24.0 Å². The number of thiazole rings is 1. The van der Waals surface area contributed by atoms with Gasteiger partial charge in [-0.1, -0.05) is 18.5 Å². The van der Waals surface area contributed by atoms with Gasteiger partial charge in [0, 0.05) is 16.8 Å². The van der Waals surface area contributed by atoms with Gasteiger partial charge in [-0.3, -0.25) is 0 Å².